The summed E-state index contributed by atoms with van der Waals surface area (Å²) in [6, 6.07) is 14.9. The van der Waals surface area contributed by atoms with Crippen LogP contribution in [0.1, 0.15) is 25.1 Å². The number of nitro groups is 1. The zero-order chi connectivity index (χ0) is 21.8. The quantitative estimate of drug-likeness (QED) is 0.357. The van der Waals surface area contributed by atoms with Crippen LogP contribution in [0.5, 0.6) is 0 Å². The Kier molecular flexibility index (Phi) is 6.16. The van der Waals surface area contributed by atoms with E-state index in [4.69, 9.17) is 0 Å². The number of amides is 1. The van der Waals surface area contributed by atoms with Crippen LogP contribution in [0, 0.1) is 23.0 Å². The smallest absolute Gasteiger partial charge is 0.292 e. The Hall–Kier alpha value is -3.42. The fourth-order valence-corrected chi connectivity index (χ4v) is 4.34. The molecule has 0 radical (unpaired) electrons. The summed E-state index contributed by atoms with van der Waals surface area (Å²) in [5.41, 5.74) is 2.87. The third-order valence-corrected chi connectivity index (χ3v) is 5.99. The Bertz CT molecular complexity index is 1090. The maximum absolute atomic E-state index is 12.6. The largest absolute Gasteiger partial charge is 0.366 e. The summed E-state index contributed by atoms with van der Waals surface area (Å²) in [6.07, 6.45) is 2.23. The first-order chi connectivity index (χ1) is 15.0. The van der Waals surface area contributed by atoms with Gasteiger partial charge >= 0.3 is 0 Å². The molecule has 0 unspecified atom stereocenters. The van der Waals surface area contributed by atoms with Gasteiger partial charge in [-0.1, -0.05) is 24.3 Å². The highest BCUT2D eigenvalue weighted by atomic mass is 16.6. The zero-order valence-electron chi connectivity index (χ0n) is 17.7. The molecule has 8 heteroatoms. The highest BCUT2D eigenvalue weighted by molar-refractivity contribution is 5.79. The van der Waals surface area contributed by atoms with E-state index in [0.717, 1.165) is 29.8 Å². The van der Waals surface area contributed by atoms with Crippen molar-refractivity contribution in [2.45, 2.75) is 32.7 Å². The van der Waals surface area contributed by atoms with Crippen LogP contribution in [-0.4, -0.2) is 40.0 Å². The Morgan fingerprint density at radius 2 is 1.87 bits per heavy atom. The van der Waals surface area contributed by atoms with Gasteiger partial charge in [0.05, 0.1) is 16.0 Å². The van der Waals surface area contributed by atoms with Gasteiger partial charge < -0.3 is 14.8 Å². The Labute approximate surface area is 181 Å². The second kappa shape index (κ2) is 9.16. The SMILES string of the molecule is Cc1nc2ccccc2n1CCCNC(=O)C1CCN(c2ccccc2[N+](=O)[O-])CC1. The van der Waals surface area contributed by atoms with Crippen LogP contribution in [0.15, 0.2) is 48.5 Å². The lowest BCUT2D eigenvalue weighted by molar-refractivity contribution is -0.384. The summed E-state index contributed by atoms with van der Waals surface area (Å²) in [5.74, 6) is 1.01. The van der Waals surface area contributed by atoms with E-state index in [0.29, 0.717) is 38.2 Å². The first-order valence-electron chi connectivity index (χ1n) is 10.7. The van der Waals surface area contributed by atoms with Gasteiger partial charge in [0, 0.05) is 38.2 Å². The van der Waals surface area contributed by atoms with Gasteiger partial charge in [-0.3, -0.25) is 14.9 Å². The molecule has 162 valence electrons. The van der Waals surface area contributed by atoms with Crippen LogP contribution in [0.2, 0.25) is 0 Å². The van der Waals surface area contributed by atoms with Crippen molar-refractivity contribution < 1.29 is 9.72 Å². The van der Waals surface area contributed by atoms with E-state index >= 15 is 0 Å². The normalized spacial score (nSPS) is 14.7. The monoisotopic (exact) mass is 421 g/mol. The van der Waals surface area contributed by atoms with Crippen LogP contribution < -0.4 is 10.2 Å². The molecule has 3 aromatic rings. The van der Waals surface area contributed by atoms with Crippen molar-refractivity contribution in [3.63, 3.8) is 0 Å². The number of hydrogen-bond acceptors (Lipinski definition) is 5. The predicted octanol–water partition coefficient (Wildman–Crippen LogP) is 3.68. The highest BCUT2D eigenvalue weighted by Gasteiger charge is 2.27. The Balaban J connectivity index is 1.25. The number of hydrogen-bond donors (Lipinski definition) is 1. The summed E-state index contributed by atoms with van der Waals surface area (Å²) >= 11 is 0. The summed E-state index contributed by atoms with van der Waals surface area (Å²) in [7, 11) is 0. The molecule has 1 N–H and O–H groups in total. The van der Waals surface area contributed by atoms with Crippen molar-refractivity contribution in [1.82, 2.24) is 14.9 Å². The van der Waals surface area contributed by atoms with Gasteiger partial charge in [0.25, 0.3) is 5.69 Å². The number of nitrogens with one attached hydrogen (secondary N) is 1. The van der Waals surface area contributed by atoms with Crippen LogP contribution >= 0.6 is 0 Å². The van der Waals surface area contributed by atoms with Gasteiger partial charge in [-0.2, -0.15) is 0 Å². The van der Waals surface area contributed by atoms with Crippen molar-refractivity contribution in [2.75, 3.05) is 24.5 Å². The molecule has 4 rings (SSSR count). The molecule has 0 spiro atoms. The number of nitrogens with zero attached hydrogens (tertiary/aromatic N) is 4. The van der Waals surface area contributed by atoms with E-state index in [1.807, 2.05) is 36.1 Å². The van der Waals surface area contributed by atoms with E-state index in [-0.39, 0.29) is 22.4 Å². The zero-order valence-corrected chi connectivity index (χ0v) is 17.7. The molecule has 31 heavy (non-hydrogen) atoms. The molecule has 1 aliphatic heterocycles. The Morgan fingerprint density at radius 3 is 2.65 bits per heavy atom. The second-order valence-electron chi connectivity index (χ2n) is 7.95. The number of nitro benzene ring substituents is 1. The minimum atomic E-state index is -0.348. The van der Waals surface area contributed by atoms with Gasteiger partial charge in [-0.05, 0) is 44.4 Å². The minimum Gasteiger partial charge on any atom is -0.366 e. The molecule has 0 bridgehead atoms. The van der Waals surface area contributed by atoms with Crippen LogP contribution in [0.25, 0.3) is 11.0 Å². The molecule has 0 aliphatic carbocycles. The average molecular weight is 422 g/mol. The Morgan fingerprint density at radius 1 is 1.16 bits per heavy atom. The maximum Gasteiger partial charge on any atom is 0.292 e. The third kappa shape index (κ3) is 4.52. The molecule has 1 saturated heterocycles. The van der Waals surface area contributed by atoms with E-state index < -0.39 is 0 Å². The number of rotatable bonds is 7. The van der Waals surface area contributed by atoms with Crippen molar-refractivity contribution in [2.24, 2.45) is 5.92 Å². The van der Waals surface area contributed by atoms with Gasteiger partial charge in [-0.25, -0.2) is 4.98 Å². The number of piperidine rings is 1. The van der Waals surface area contributed by atoms with Gasteiger partial charge in [0.1, 0.15) is 11.5 Å². The van der Waals surface area contributed by atoms with Crippen molar-refractivity contribution in [3.8, 4) is 0 Å². The number of fused-ring (bicyclic) bond motifs is 1. The molecule has 8 nitrogen and oxygen atoms in total. The first kappa shape index (κ1) is 20.8. The first-order valence-corrected chi connectivity index (χ1v) is 10.7. The molecule has 0 saturated carbocycles. The molecule has 0 atom stereocenters. The molecular weight excluding hydrogens is 394 g/mol. The maximum atomic E-state index is 12.6. The number of aryl methyl sites for hydroxylation is 2. The molecule has 1 fully saturated rings. The standard InChI is InChI=1S/C23H27N5O3/c1-17-25-19-7-2-3-8-20(19)27(17)14-6-13-24-23(29)18-11-15-26(16-12-18)21-9-4-5-10-22(21)28(30)31/h2-5,7-10,18H,6,11-16H2,1H3,(H,24,29). The van der Waals surface area contributed by atoms with Crippen molar-refractivity contribution in [1.29, 1.82) is 0 Å². The number of aromatic nitrogens is 2. The van der Waals surface area contributed by atoms with Gasteiger partial charge in [0.2, 0.25) is 5.91 Å². The second-order valence-corrected chi connectivity index (χ2v) is 7.95. The van der Waals surface area contributed by atoms with E-state index in [1.165, 1.54) is 6.07 Å². The topological polar surface area (TPSA) is 93.3 Å². The summed E-state index contributed by atoms with van der Waals surface area (Å²) in [5, 5.41) is 14.3. The van der Waals surface area contributed by atoms with Gasteiger partial charge in [0.15, 0.2) is 0 Å². The lowest BCUT2D eigenvalue weighted by Crippen LogP contribution is -2.41. The van der Waals surface area contributed by atoms with Gasteiger partial charge in [-0.15, -0.1) is 0 Å². The number of para-hydroxylation sites is 4. The van der Waals surface area contributed by atoms with E-state index in [1.54, 1.807) is 12.1 Å². The molecule has 1 amide bonds. The molecule has 2 aromatic carbocycles. The number of carbonyl (C=O) groups is 1. The molecule has 1 aliphatic rings. The number of benzene rings is 2. The third-order valence-electron chi connectivity index (χ3n) is 5.99. The summed E-state index contributed by atoms with van der Waals surface area (Å²) in [6.45, 7) is 4.72. The number of carbonyl (C=O) groups excluding carboxylic acids is 1. The lowest BCUT2D eigenvalue weighted by atomic mass is 9.95. The van der Waals surface area contributed by atoms with E-state index in [2.05, 4.69) is 20.9 Å². The van der Waals surface area contributed by atoms with Crippen LogP contribution in [-0.2, 0) is 11.3 Å². The average Bonchev–Trinajstić information content (AvgIpc) is 3.11. The number of anilines is 1. The fraction of sp³-hybridized carbons (Fsp3) is 0.391. The number of imidazole rings is 1. The van der Waals surface area contributed by atoms with Crippen molar-refractivity contribution >= 4 is 28.3 Å². The highest BCUT2D eigenvalue weighted by Crippen LogP contribution is 2.31. The fourth-order valence-electron chi connectivity index (χ4n) is 4.34. The van der Waals surface area contributed by atoms with Crippen molar-refractivity contribution in [3.05, 3.63) is 64.5 Å². The summed E-state index contributed by atoms with van der Waals surface area (Å²) < 4.78 is 2.19. The van der Waals surface area contributed by atoms with Crippen LogP contribution in [0.4, 0.5) is 11.4 Å². The predicted molar refractivity (Wildman–Crippen MR) is 120 cm³/mol. The van der Waals surface area contributed by atoms with Crippen LogP contribution in [0.3, 0.4) is 0 Å². The lowest BCUT2D eigenvalue weighted by Gasteiger charge is -2.32. The molecule has 2 heterocycles. The molecular formula is C23H27N5O3. The van der Waals surface area contributed by atoms with E-state index in [9.17, 15) is 14.9 Å². The minimum absolute atomic E-state index is 0.0465. The summed E-state index contributed by atoms with van der Waals surface area (Å²) in [4.78, 5) is 30.1. The molecule has 1 aromatic heterocycles.